The van der Waals surface area contributed by atoms with Gasteiger partial charge in [0.2, 0.25) is 0 Å². The monoisotopic (exact) mass is 309 g/mol. The summed E-state index contributed by atoms with van der Waals surface area (Å²) in [5.74, 6) is -0.112. The third kappa shape index (κ3) is 9.46. The SMILES string of the molecule is [CH2]CCCCCCCCSC(C(F)(F)F)C(F)(F)F. The van der Waals surface area contributed by atoms with Crippen molar-refractivity contribution in [2.45, 2.75) is 62.5 Å². The van der Waals surface area contributed by atoms with Crippen LogP contribution in [-0.4, -0.2) is 23.4 Å². The van der Waals surface area contributed by atoms with Crippen molar-refractivity contribution >= 4 is 11.8 Å². The smallest absolute Gasteiger partial charge is 0.169 e. The molecule has 1 radical (unpaired) electrons. The van der Waals surface area contributed by atoms with Crippen LogP contribution in [0.2, 0.25) is 0 Å². The zero-order valence-corrected chi connectivity index (χ0v) is 11.4. The van der Waals surface area contributed by atoms with E-state index in [0.717, 1.165) is 32.1 Å². The Morgan fingerprint density at radius 1 is 0.737 bits per heavy atom. The Balaban J connectivity index is 3.78. The Labute approximate surface area is 114 Å². The Bertz CT molecular complexity index is 209. The van der Waals surface area contributed by atoms with Gasteiger partial charge in [0, 0.05) is 0 Å². The molecule has 0 spiro atoms. The lowest BCUT2D eigenvalue weighted by Crippen LogP contribution is -2.39. The zero-order valence-electron chi connectivity index (χ0n) is 10.6. The van der Waals surface area contributed by atoms with Crippen molar-refractivity contribution in [3.05, 3.63) is 6.92 Å². The lowest BCUT2D eigenvalue weighted by Gasteiger charge is -2.22. The van der Waals surface area contributed by atoms with Gasteiger partial charge >= 0.3 is 12.4 Å². The van der Waals surface area contributed by atoms with E-state index in [2.05, 4.69) is 6.92 Å². The van der Waals surface area contributed by atoms with Crippen LogP contribution in [0.4, 0.5) is 26.3 Å². The predicted octanol–water partition coefficient (Wildman–Crippen LogP) is 5.78. The molecule has 0 aliphatic rings. The van der Waals surface area contributed by atoms with E-state index in [1.165, 1.54) is 0 Å². The molecule has 0 aliphatic heterocycles. The quantitative estimate of drug-likeness (QED) is 0.384. The van der Waals surface area contributed by atoms with Gasteiger partial charge in [-0.05, 0) is 12.2 Å². The van der Waals surface area contributed by atoms with Crippen LogP contribution in [0.1, 0.15) is 44.9 Å². The number of rotatable bonds is 9. The molecule has 0 atom stereocenters. The lowest BCUT2D eigenvalue weighted by molar-refractivity contribution is -0.223. The summed E-state index contributed by atoms with van der Waals surface area (Å²) in [6.45, 7) is 3.68. The largest absolute Gasteiger partial charge is 0.409 e. The van der Waals surface area contributed by atoms with Crippen LogP contribution in [0.5, 0.6) is 0 Å². The van der Waals surface area contributed by atoms with Crippen LogP contribution in [0.25, 0.3) is 0 Å². The first kappa shape index (κ1) is 18.9. The van der Waals surface area contributed by atoms with Gasteiger partial charge in [-0.3, -0.25) is 0 Å². The second-order valence-electron chi connectivity index (χ2n) is 4.31. The fraction of sp³-hybridized carbons (Fsp3) is 0.917. The molecule has 0 aromatic carbocycles. The topological polar surface area (TPSA) is 0 Å². The van der Waals surface area contributed by atoms with Crippen molar-refractivity contribution in [3.8, 4) is 0 Å². The summed E-state index contributed by atoms with van der Waals surface area (Å²) < 4.78 is 73.1. The van der Waals surface area contributed by atoms with E-state index >= 15 is 0 Å². The zero-order chi connectivity index (χ0) is 14.9. The third-order valence-electron chi connectivity index (χ3n) is 2.52. The molecule has 0 saturated carbocycles. The third-order valence-corrected chi connectivity index (χ3v) is 3.92. The average Bonchev–Trinajstić information content (AvgIpc) is 2.23. The molecule has 0 aliphatic carbocycles. The van der Waals surface area contributed by atoms with E-state index < -0.39 is 17.6 Å². The molecule has 0 saturated heterocycles. The molecule has 0 amide bonds. The molecule has 0 rings (SSSR count). The molecule has 0 nitrogen and oxygen atoms in total. The molecule has 7 heteroatoms. The number of halogens is 6. The Morgan fingerprint density at radius 3 is 1.58 bits per heavy atom. The lowest BCUT2D eigenvalue weighted by atomic mass is 10.1. The van der Waals surface area contributed by atoms with Gasteiger partial charge in [0.1, 0.15) is 0 Å². The minimum absolute atomic E-state index is 0.0563. The van der Waals surface area contributed by atoms with E-state index in [9.17, 15) is 26.3 Å². The van der Waals surface area contributed by atoms with Gasteiger partial charge in [-0.15, -0.1) is 11.8 Å². The Morgan fingerprint density at radius 2 is 1.16 bits per heavy atom. The Hall–Kier alpha value is -0.0700. The maximum Gasteiger partial charge on any atom is 0.409 e. The summed E-state index contributed by atoms with van der Waals surface area (Å²) in [4.78, 5) is 0. The highest BCUT2D eigenvalue weighted by Gasteiger charge is 2.56. The minimum Gasteiger partial charge on any atom is -0.169 e. The van der Waals surface area contributed by atoms with Crippen molar-refractivity contribution in [3.63, 3.8) is 0 Å². The summed E-state index contributed by atoms with van der Waals surface area (Å²) in [5.41, 5.74) is 0. The second kappa shape index (κ2) is 8.97. The maximum atomic E-state index is 12.2. The van der Waals surface area contributed by atoms with E-state index in [1.807, 2.05) is 0 Å². The fourth-order valence-corrected chi connectivity index (χ4v) is 2.55. The molecular weight excluding hydrogens is 290 g/mol. The highest BCUT2D eigenvalue weighted by molar-refractivity contribution is 8.00. The first-order valence-corrected chi connectivity index (χ1v) is 7.28. The van der Waals surface area contributed by atoms with Crippen molar-refractivity contribution < 1.29 is 26.3 Å². The van der Waals surface area contributed by atoms with Crippen molar-refractivity contribution in [1.82, 2.24) is 0 Å². The van der Waals surface area contributed by atoms with Crippen LogP contribution in [-0.2, 0) is 0 Å². The van der Waals surface area contributed by atoms with Gasteiger partial charge in [0.25, 0.3) is 0 Å². The van der Waals surface area contributed by atoms with E-state index in [-0.39, 0.29) is 17.5 Å². The first-order chi connectivity index (χ1) is 8.69. The first-order valence-electron chi connectivity index (χ1n) is 6.24. The van der Waals surface area contributed by atoms with Crippen LogP contribution in [0.3, 0.4) is 0 Å². The molecule has 0 unspecified atom stereocenters. The molecular formula is C12H19F6S. The molecule has 0 bridgehead atoms. The van der Waals surface area contributed by atoms with Crippen molar-refractivity contribution in [1.29, 1.82) is 0 Å². The standard InChI is InChI=1S/C12H19F6S/c1-2-3-4-5-6-7-8-9-19-10(11(13,14)15)12(16,17)18/h10H,1-9H2. The molecule has 0 aromatic heterocycles. The van der Waals surface area contributed by atoms with Gasteiger partial charge < -0.3 is 0 Å². The second-order valence-corrected chi connectivity index (χ2v) is 5.52. The fourth-order valence-electron chi connectivity index (χ4n) is 1.56. The van der Waals surface area contributed by atoms with Gasteiger partial charge in [0.05, 0.1) is 0 Å². The van der Waals surface area contributed by atoms with Crippen LogP contribution in [0, 0.1) is 6.92 Å². The number of hydrogen-bond donors (Lipinski definition) is 0. The highest BCUT2D eigenvalue weighted by atomic mass is 32.2. The van der Waals surface area contributed by atoms with Crippen molar-refractivity contribution in [2.75, 3.05) is 5.75 Å². The molecule has 0 fully saturated rings. The van der Waals surface area contributed by atoms with Gasteiger partial charge in [-0.1, -0.05) is 45.4 Å². The normalized spacial score (nSPS) is 13.3. The van der Waals surface area contributed by atoms with Crippen LogP contribution < -0.4 is 0 Å². The van der Waals surface area contributed by atoms with Crippen LogP contribution >= 0.6 is 11.8 Å². The molecule has 0 aromatic rings. The van der Waals surface area contributed by atoms with Gasteiger partial charge in [-0.25, -0.2) is 0 Å². The van der Waals surface area contributed by atoms with Gasteiger partial charge in [-0.2, -0.15) is 26.3 Å². The number of hydrogen-bond acceptors (Lipinski definition) is 1. The summed E-state index contributed by atoms with van der Waals surface area (Å²) in [6.07, 6.45) is -4.69. The molecule has 0 heterocycles. The van der Waals surface area contributed by atoms with Crippen molar-refractivity contribution in [2.24, 2.45) is 0 Å². The Kier molecular flexibility index (Phi) is 8.94. The molecule has 115 valence electrons. The number of thioether (sulfide) groups is 1. The number of unbranched alkanes of at least 4 members (excludes halogenated alkanes) is 6. The minimum atomic E-state index is -5.23. The van der Waals surface area contributed by atoms with E-state index in [4.69, 9.17) is 0 Å². The average molecular weight is 309 g/mol. The summed E-state index contributed by atoms with van der Waals surface area (Å²) in [7, 11) is 0. The molecule has 0 N–H and O–H groups in total. The summed E-state index contributed by atoms with van der Waals surface area (Å²) >= 11 is -0.0563. The van der Waals surface area contributed by atoms with Gasteiger partial charge in [0.15, 0.2) is 5.25 Å². The van der Waals surface area contributed by atoms with E-state index in [0.29, 0.717) is 12.8 Å². The highest BCUT2D eigenvalue weighted by Crippen LogP contribution is 2.41. The number of alkyl halides is 6. The molecule has 19 heavy (non-hydrogen) atoms. The van der Waals surface area contributed by atoms with E-state index in [1.54, 1.807) is 0 Å². The predicted molar refractivity (Wildman–Crippen MR) is 66.0 cm³/mol. The summed E-state index contributed by atoms with van der Waals surface area (Å²) in [5, 5.41) is -3.26. The maximum absolute atomic E-state index is 12.2. The van der Waals surface area contributed by atoms with Crippen LogP contribution in [0.15, 0.2) is 0 Å². The summed E-state index contributed by atoms with van der Waals surface area (Å²) in [6, 6.07) is 0.